The minimum Gasteiger partial charge on any atom is -0.327 e. The highest BCUT2D eigenvalue weighted by atomic mass is 35.5. The zero-order chi connectivity index (χ0) is 13.8. The highest BCUT2D eigenvalue weighted by Crippen LogP contribution is 2.19. The predicted molar refractivity (Wildman–Crippen MR) is 85.6 cm³/mol. The number of nitrogens with zero attached hydrogens (tertiary/aromatic N) is 2. The van der Waals surface area contributed by atoms with Crippen LogP contribution in [0.15, 0.2) is 5.38 Å². The Labute approximate surface area is 130 Å². The maximum Gasteiger partial charge on any atom is 0.240 e. The van der Waals surface area contributed by atoms with Crippen LogP contribution < -0.4 is 11.1 Å². The lowest BCUT2D eigenvalue weighted by atomic mass is 9.97. The molecule has 0 spiro atoms. The van der Waals surface area contributed by atoms with Crippen LogP contribution in [-0.4, -0.2) is 41.0 Å². The number of aryl methyl sites for hydroxylation is 1. The summed E-state index contributed by atoms with van der Waals surface area (Å²) in [7, 11) is 0. The topological polar surface area (TPSA) is 71.2 Å². The Morgan fingerprint density at radius 3 is 3.00 bits per heavy atom. The second kappa shape index (κ2) is 7.93. The van der Waals surface area contributed by atoms with Gasteiger partial charge in [-0.15, -0.1) is 23.7 Å². The Bertz CT molecular complexity index is 438. The van der Waals surface area contributed by atoms with E-state index < -0.39 is 0 Å². The van der Waals surface area contributed by atoms with Crippen LogP contribution in [0.3, 0.4) is 0 Å². The lowest BCUT2D eigenvalue weighted by Gasteiger charge is -2.37. The maximum absolute atomic E-state index is 12.0. The number of hydrogen-bond acceptors (Lipinski definition) is 5. The minimum atomic E-state index is 0. The Kier molecular flexibility index (Phi) is 6.88. The van der Waals surface area contributed by atoms with Crippen LogP contribution in [0.2, 0.25) is 0 Å². The lowest BCUT2D eigenvalue weighted by molar-refractivity contribution is -0.118. The molecule has 0 saturated carbocycles. The number of nitrogens with two attached hydrogens (primary N) is 1. The number of carbonyl (C=O) groups excluding carboxylic acids is 1. The number of amides is 1. The van der Waals surface area contributed by atoms with E-state index >= 15 is 0 Å². The molecule has 2 heterocycles. The van der Waals surface area contributed by atoms with Gasteiger partial charge in [-0.25, -0.2) is 4.98 Å². The molecule has 1 aromatic heterocycles. The van der Waals surface area contributed by atoms with Gasteiger partial charge in [-0.05, 0) is 33.2 Å². The van der Waals surface area contributed by atoms with Gasteiger partial charge in [0.25, 0.3) is 0 Å². The fourth-order valence-electron chi connectivity index (χ4n) is 2.56. The van der Waals surface area contributed by atoms with Crippen LogP contribution in [0.5, 0.6) is 0 Å². The van der Waals surface area contributed by atoms with Crippen molar-refractivity contribution in [3.05, 3.63) is 11.1 Å². The van der Waals surface area contributed by atoms with Gasteiger partial charge < -0.3 is 11.1 Å². The van der Waals surface area contributed by atoms with E-state index in [1.165, 1.54) is 17.8 Å². The van der Waals surface area contributed by atoms with Crippen molar-refractivity contribution >= 4 is 34.8 Å². The second-order valence-electron chi connectivity index (χ2n) is 5.23. The summed E-state index contributed by atoms with van der Waals surface area (Å²) in [5.41, 5.74) is 6.94. The zero-order valence-electron chi connectivity index (χ0n) is 12.0. The molecule has 3 N–H and O–H groups in total. The first-order valence-electron chi connectivity index (χ1n) is 6.78. The first kappa shape index (κ1) is 17.4. The molecule has 1 saturated heterocycles. The number of thiazole rings is 1. The van der Waals surface area contributed by atoms with Crippen molar-refractivity contribution in [2.45, 2.75) is 45.2 Å². The van der Waals surface area contributed by atoms with E-state index in [9.17, 15) is 4.79 Å². The summed E-state index contributed by atoms with van der Waals surface area (Å²) in [6.07, 6.45) is 3.43. The number of aromatic nitrogens is 1. The molecule has 7 heteroatoms. The Morgan fingerprint density at radius 1 is 1.65 bits per heavy atom. The van der Waals surface area contributed by atoms with Gasteiger partial charge in [0.05, 0.1) is 12.2 Å². The number of likely N-dealkylation sites (tertiary alicyclic amines) is 1. The van der Waals surface area contributed by atoms with E-state index in [4.69, 9.17) is 5.73 Å². The minimum absolute atomic E-state index is 0. The molecular weight excluding hydrogens is 296 g/mol. The monoisotopic (exact) mass is 318 g/mol. The standard InChI is InChI=1S/C13H22N4OS.ClH/c1-9-8-19-13(15-9)16-12(18)7-17-6-4-3-5-11(17)10(2)14;/h8,10-11H,3-7,14H2,1-2H3,(H,15,16,18);1H. The van der Waals surface area contributed by atoms with E-state index in [1.54, 1.807) is 0 Å². The Morgan fingerprint density at radius 2 is 2.40 bits per heavy atom. The highest BCUT2D eigenvalue weighted by Gasteiger charge is 2.26. The van der Waals surface area contributed by atoms with E-state index in [0.717, 1.165) is 25.1 Å². The van der Waals surface area contributed by atoms with Crippen molar-refractivity contribution in [3.8, 4) is 0 Å². The van der Waals surface area contributed by atoms with Crippen LogP contribution in [0.25, 0.3) is 0 Å². The molecule has 1 aliphatic heterocycles. The molecule has 2 rings (SSSR count). The Balaban J connectivity index is 0.00000200. The van der Waals surface area contributed by atoms with E-state index in [1.807, 2.05) is 19.2 Å². The normalized spacial score (nSPS) is 21.1. The summed E-state index contributed by atoms with van der Waals surface area (Å²) in [5, 5.41) is 5.46. The van der Waals surface area contributed by atoms with Crippen LogP contribution in [0.4, 0.5) is 5.13 Å². The molecule has 0 aromatic carbocycles. The number of nitrogens with one attached hydrogen (secondary N) is 1. The van der Waals surface area contributed by atoms with Crippen LogP contribution in [0, 0.1) is 6.92 Å². The average molecular weight is 319 g/mol. The predicted octanol–water partition coefficient (Wildman–Crippen LogP) is 2.01. The molecule has 0 aliphatic carbocycles. The third-order valence-corrected chi connectivity index (χ3v) is 4.36. The summed E-state index contributed by atoms with van der Waals surface area (Å²) in [6.45, 7) is 5.30. The van der Waals surface area contributed by atoms with Crippen molar-refractivity contribution in [1.82, 2.24) is 9.88 Å². The number of rotatable bonds is 4. The fourth-order valence-corrected chi connectivity index (χ4v) is 3.27. The van der Waals surface area contributed by atoms with Gasteiger partial charge in [0.2, 0.25) is 5.91 Å². The first-order valence-corrected chi connectivity index (χ1v) is 7.66. The average Bonchev–Trinajstić information content (AvgIpc) is 2.75. The smallest absolute Gasteiger partial charge is 0.240 e. The molecule has 1 aromatic rings. The number of halogens is 1. The molecule has 0 radical (unpaired) electrons. The highest BCUT2D eigenvalue weighted by molar-refractivity contribution is 7.13. The zero-order valence-corrected chi connectivity index (χ0v) is 13.6. The Hall–Kier alpha value is -0.690. The van der Waals surface area contributed by atoms with Crippen LogP contribution in [0.1, 0.15) is 31.9 Å². The lowest BCUT2D eigenvalue weighted by Crippen LogP contribution is -2.51. The van der Waals surface area contributed by atoms with Gasteiger partial charge in [-0.3, -0.25) is 9.69 Å². The third-order valence-electron chi connectivity index (χ3n) is 3.48. The van der Waals surface area contributed by atoms with Gasteiger partial charge in [-0.2, -0.15) is 0 Å². The largest absolute Gasteiger partial charge is 0.327 e. The van der Waals surface area contributed by atoms with Crippen molar-refractivity contribution in [1.29, 1.82) is 0 Å². The van der Waals surface area contributed by atoms with E-state index in [-0.39, 0.29) is 24.4 Å². The molecule has 114 valence electrons. The van der Waals surface area contributed by atoms with Gasteiger partial charge in [-0.1, -0.05) is 6.42 Å². The maximum atomic E-state index is 12.0. The van der Waals surface area contributed by atoms with Crippen molar-refractivity contribution in [3.63, 3.8) is 0 Å². The van der Waals surface area contributed by atoms with Gasteiger partial charge >= 0.3 is 0 Å². The number of anilines is 1. The van der Waals surface area contributed by atoms with Gasteiger partial charge in [0.1, 0.15) is 0 Å². The first-order chi connectivity index (χ1) is 9.06. The molecule has 5 nitrogen and oxygen atoms in total. The SMILES string of the molecule is Cc1csc(NC(=O)CN2CCCCC2C(C)N)n1.Cl. The molecule has 2 atom stereocenters. The van der Waals surface area contributed by atoms with Crippen molar-refractivity contribution in [2.24, 2.45) is 5.73 Å². The quantitative estimate of drug-likeness (QED) is 0.891. The summed E-state index contributed by atoms with van der Waals surface area (Å²) < 4.78 is 0. The molecular formula is C13H23ClN4OS. The van der Waals surface area contributed by atoms with Gasteiger partial charge in [0.15, 0.2) is 5.13 Å². The molecule has 20 heavy (non-hydrogen) atoms. The van der Waals surface area contributed by atoms with Crippen molar-refractivity contribution < 1.29 is 4.79 Å². The summed E-state index contributed by atoms with van der Waals surface area (Å²) in [4.78, 5) is 18.5. The van der Waals surface area contributed by atoms with Crippen molar-refractivity contribution in [2.75, 3.05) is 18.4 Å². The number of piperidine rings is 1. The molecule has 2 unspecified atom stereocenters. The molecule has 0 bridgehead atoms. The summed E-state index contributed by atoms with van der Waals surface area (Å²) in [6, 6.07) is 0.424. The fraction of sp³-hybridized carbons (Fsp3) is 0.692. The third kappa shape index (κ3) is 4.70. The number of carbonyl (C=O) groups is 1. The van der Waals surface area contributed by atoms with Crippen LogP contribution >= 0.6 is 23.7 Å². The van der Waals surface area contributed by atoms with E-state index in [2.05, 4.69) is 15.2 Å². The second-order valence-corrected chi connectivity index (χ2v) is 6.09. The molecule has 1 amide bonds. The van der Waals surface area contributed by atoms with Gasteiger partial charge in [0, 0.05) is 17.5 Å². The summed E-state index contributed by atoms with van der Waals surface area (Å²) in [5.74, 6) is 0.00176. The number of hydrogen-bond donors (Lipinski definition) is 2. The molecule has 1 fully saturated rings. The van der Waals surface area contributed by atoms with Crippen LogP contribution in [-0.2, 0) is 4.79 Å². The molecule has 1 aliphatic rings. The van der Waals surface area contributed by atoms with E-state index in [0.29, 0.717) is 17.7 Å². The summed E-state index contributed by atoms with van der Waals surface area (Å²) >= 11 is 1.46.